The number of aromatic nitrogens is 1. The number of pyridine rings is 1. The van der Waals surface area contributed by atoms with Crippen molar-refractivity contribution in [1.29, 1.82) is 0 Å². The number of anilines is 1. The van der Waals surface area contributed by atoms with Crippen LogP contribution in [0.4, 0.5) is 5.69 Å². The molecule has 2 rings (SSSR count). The van der Waals surface area contributed by atoms with Gasteiger partial charge in [-0.05, 0) is 30.3 Å². The number of hydrogen-bond acceptors (Lipinski definition) is 6. The third kappa shape index (κ3) is 4.63. The van der Waals surface area contributed by atoms with Crippen LogP contribution in [0.5, 0.6) is 0 Å². The summed E-state index contributed by atoms with van der Waals surface area (Å²) in [6, 6.07) is 9.10. The van der Waals surface area contributed by atoms with Crippen LogP contribution in [-0.4, -0.2) is 31.5 Å². The fraction of sp³-hybridized carbons (Fsp3) is 0.188. The number of carbonyl (C=O) groups excluding carboxylic acids is 2. The predicted octanol–water partition coefficient (Wildman–Crippen LogP) is 1.80. The lowest BCUT2D eigenvalue weighted by Crippen LogP contribution is -2.15. The van der Waals surface area contributed by atoms with Crippen molar-refractivity contribution in [3.8, 4) is 0 Å². The zero-order valence-corrected chi connectivity index (χ0v) is 14.0. The van der Waals surface area contributed by atoms with Crippen LogP contribution < -0.4 is 5.32 Å². The van der Waals surface area contributed by atoms with Gasteiger partial charge in [-0.25, -0.2) is 8.42 Å². The highest BCUT2D eigenvalue weighted by Crippen LogP contribution is 2.22. The molecule has 0 spiro atoms. The molecule has 1 heterocycles. The molecule has 0 aliphatic rings. The molecule has 0 saturated carbocycles. The molecule has 1 aromatic carbocycles. The summed E-state index contributed by atoms with van der Waals surface area (Å²) in [5.74, 6) is -0.964. The summed E-state index contributed by atoms with van der Waals surface area (Å²) in [6.45, 7) is 1.09. The summed E-state index contributed by atoms with van der Waals surface area (Å²) >= 11 is 0. The summed E-state index contributed by atoms with van der Waals surface area (Å²) < 4.78 is 28.3. The van der Waals surface area contributed by atoms with Crippen molar-refractivity contribution in [3.63, 3.8) is 0 Å². The lowest BCUT2D eigenvalue weighted by Gasteiger charge is -2.12. The first-order valence-electron chi connectivity index (χ1n) is 6.96. The van der Waals surface area contributed by atoms with E-state index in [1.807, 2.05) is 0 Å². The number of esters is 1. The van der Waals surface area contributed by atoms with Crippen molar-refractivity contribution in [2.24, 2.45) is 0 Å². The lowest BCUT2D eigenvalue weighted by molar-refractivity contribution is -0.142. The number of amides is 1. The van der Waals surface area contributed by atoms with E-state index in [0.717, 1.165) is 6.26 Å². The van der Waals surface area contributed by atoms with E-state index in [9.17, 15) is 18.0 Å². The van der Waals surface area contributed by atoms with Crippen LogP contribution in [0.15, 0.2) is 47.5 Å². The maximum Gasteiger partial charge on any atom is 0.302 e. The summed E-state index contributed by atoms with van der Waals surface area (Å²) in [5.41, 5.74) is 0.930. The Morgan fingerprint density at radius 2 is 1.96 bits per heavy atom. The highest BCUT2D eigenvalue weighted by molar-refractivity contribution is 7.90. The molecular formula is C16H16N2O5S. The van der Waals surface area contributed by atoms with Crippen molar-refractivity contribution in [3.05, 3.63) is 53.9 Å². The van der Waals surface area contributed by atoms with Gasteiger partial charge >= 0.3 is 5.97 Å². The quantitative estimate of drug-likeness (QED) is 0.827. The van der Waals surface area contributed by atoms with Gasteiger partial charge in [-0.15, -0.1) is 0 Å². The van der Waals surface area contributed by atoms with Crippen LogP contribution in [0.3, 0.4) is 0 Å². The van der Waals surface area contributed by atoms with Gasteiger partial charge in [-0.2, -0.15) is 0 Å². The van der Waals surface area contributed by atoms with Gasteiger partial charge < -0.3 is 10.1 Å². The van der Waals surface area contributed by atoms with Crippen LogP contribution in [0.2, 0.25) is 0 Å². The Balaban J connectivity index is 2.33. The molecular weight excluding hydrogens is 332 g/mol. The van der Waals surface area contributed by atoms with E-state index in [-0.39, 0.29) is 17.2 Å². The first-order chi connectivity index (χ1) is 11.3. The van der Waals surface area contributed by atoms with Crippen LogP contribution in [0.1, 0.15) is 23.0 Å². The zero-order valence-electron chi connectivity index (χ0n) is 13.1. The predicted molar refractivity (Wildman–Crippen MR) is 87.2 cm³/mol. The number of nitrogens with one attached hydrogen (secondary N) is 1. The molecule has 0 radical (unpaired) electrons. The van der Waals surface area contributed by atoms with Crippen molar-refractivity contribution >= 4 is 27.4 Å². The smallest absolute Gasteiger partial charge is 0.302 e. The molecule has 126 valence electrons. The Hall–Kier alpha value is -2.74. The van der Waals surface area contributed by atoms with Gasteiger partial charge in [-0.3, -0.25) is 14.6 Å². The van der Waals surface area contributed by atoms with E-state index < -0.39 is 21.7 Å². The molecule has 0 unspecified atom stereocenters. The fourth-order valence-electron chi connectivity index (χ4n) is 1.90. The number of nitrogens with zero attached hydrogens (tertiary/aromatic N) is 1. The molecule has 1 amide bonds. The van der Waals surface area contributed by atoms with Gasteiger partial charge in [0.05, 0.1) is 4.90 Å². The Morgan fingerprint density at radius 3 is 2.54 bits per heavy atom. The Kier molecular flexibility index (Phi) is 5.30. The fourth-order valence-corrected chi connectivity index (χ4v) is 2.58. The van der Waals surface area contributed by atoms with Gasteiger partial charge in [0.2, 0.25) is 0 Å². The van der Waals surface area contributed by atoms with E-state index in [4.69, 9.17) is 4.74 Å². The van der Waals surface area contributed by atoms with E-state index in [2.05, 4.69) is 10.3 Å². The number of sulfone groups is 1. The minimum absolute atomic E-state index is 0.0699. The minimum atomic E-state index is -3.43. The first kappa shape index (κ1) is 17.6. The van der Waals surface area contributed by atoms with E-state index in [1.165, 1.54) is 31.3 Å². The number of ether oxygens (including phenoxy) is 1. The Morgan fingerprint density at radius 1 is 1.21 bits per heavy atom. The number of rotatable bonds is 5. The second-order valence-corrected chi connectivity index (χ2v) is 7.06. The molecule has 1 aromatic heterocycles. The van der Waals surface area contributed by atoms with E-state index >= 15 is 0 Å². The topological polar surface area (TPSA) is 102 Å². The third-order valence-corrected chi connectivity index (χ3v) is 4.19. The molecule has 1 N–H and O–H groups in total. The number of benzene rings is 1. The van der Waals surface area contributed by atoms with Crippen molar-refractivity contribution in [2.45, 2.75) is 18.4 Å². The molecule has 7 nitrogen and oxygen atoms in total. The molecule has 0 saturated heterocycles. The lowest BCUT2D eigenvalue weighted by atomic mass is 10.2. The molecule has 0 aliphatic heterocycles. The summed E-state index contributed by atoms with van der Waals surface area (Å²) in [6.07, 6.45) is 2.56. The van der Waals surface area contributed by atoms with Crippen LogP contribution in [0.25, 0.3) is 0 Å². The largest absolute Gasteiger partial charge is 0.461 e. The highest BCUT2D eigenvalue weighted by atomic mass is 32.2. The zero-order chi connectivity index (χ0) is 17.7. The van der Waals surface area contributed by atoms with Gasteiger partial charge in [0.25, 0.3) is 5.91 Å². The van der Waals surface area contributed by atoms with Crippen LogP contribution >= 0.6 is 0 Å². The van der Waals surface area contributed by atoms with Crippen molar-refractivity contribution in [2.75, 3.05) is 11.6 Å². The standard InChI is InChI=1S/C16H16N2O5S/c1-11(19)23-10-12-9-13(24(2,21)22)6-7-14(12)18-16(20)15-5-3-4-8-17-15/h3-9H,10H2,1-2H3,(H,18,20). The SMILES string of the molecule is CC(=O)OCc1cc(S(C)(=O)=O)ccc1NC(=O)c1ccccn1. The van der Waals surface area contributed by atoms with Crippen LogP contribution in [-0.2, 0) is 26.0 Å². The Labute approximate surface area is 139 Å². The average Bonchev–Trinajstić information content (AvgIpc) is 2.53. The minimum Gasteiger partial charge on any atom is -0.461 e. The summed E-state index contributed by atoms with van der Waals surface area (Å²) in [7, 11) is -3.43. The molecule has 2 aromatic rings. The maximum atomic E-state index is 12.2. The third-order valence-electron chi connectivity index (χ3n) is 3.08. The van der Waals surface area contributed by atoms with Gasteiger partial charge in [0.1, 0.15) is 12.3 Å². The molecule has 0 aliphatic carbocycles. The Bertz CT molecular complexity index is 863. The second-order valence-electron chi connectivity index (χ2n) is 5.04. The molecule has 0 atom stereocenters. The molecule has 0 fully saturated rings. The number of hydrogen-bond donors (Lipinski definition) is 1. The normalized spacial score (nSPS) is 10.9. The van der Waals surface area contributed by atoms with Crippen molar-refractivity contribution < 1.29 is 22.7 Å². The monoisotopic (exact) mass is 348 g/mol. The molecule has 8 heteroatoms. The van der Waals surface area contributed by atoms with E-state index in [0.29, 0.717) is 11.3 Å². The summed E-state index contributed by atoms with van der Waals surface area (Å²) in [5, 5.41) is 2.64. The van der Waals surface area contributed by atoms with Crippen molar-refractivity contribution in [1.82, 2.24) is 4.98 Å². The molecule has 0 bridgehead atoms. The maximum absolute atomic E-state index is 12.2. The molecule has 24 heavy (non-hydrogen) atoms. The van der Waals surface area contributed by atoms with E-state index in [1.54, 1.807) is 18.2 Å². The van der Waals surface area contributed by atoms with Gasteiger partial charge in [0.15, 0.2) is 9.84 Å². The average molecular weight is 348 g/mol. The second kappa shape index (κ2) is 7.22. The summed E-state index contributed by atoms with van der Waals surface area (Å²) in [4.78, 5) is 27.2. The highest BCUT2D eigenvalue weighted by Gasteiger charge is 2.15. The number of carbonyl (C=O) groups is 2. The van der Waals surface area contributed by atoms with Gasteiger partial charge in [-0.1, -0.05) is 6.07 Å². The van der Waals surface area contributed by atoms with Gasteiger partial charge in [0, 0.05) is 30.6 Å². The van der Waals surface area contributed by atoms with Crippen LogP contribution in [0, 0.1) is 0 Å². The first-order valence-corrected chi connectivity index (χ1v) is 8.85.